The molecular formula is C19H21FN4O2. The molecule has 1 aromatic carbocycles. The molecule has 136 valence electrons. The first-order valence-electron chi connectivity index (χ1n) is 8.96. The van der Waals surface area contributed by atoms with Crippen molar-refractivity contribution in [3.8, 4) is 0 Å². The predicted octanol–water partition coefficient (Wildman–Crippen LogP) is 1.74. The number of benzene rings is 1. The highest BCUT2D eigenvalue weighted by atomic mass is 19.1. The van der Waals surface area contributed by atoms with Crippen LogP contribution in [-0.4, -0.2) is 51.9 Å². The van der Waals surface area contributed by atoms with Crippen LogP contribution in [0.3, 0.4) is 0 Å². The maximum atomic E-state index is 13.8. The van der Waals surface area contributed by atoms with Gasteiger partial charge in [-0.05, 0) is 18.9 Å². The van der Waals surface area contributed by atoms with Gasteiger partial charge in [0.15, 0.2) is 0 Å². The summed E-state index contributed by atoms with van der Waals surface area (Å²) in [5, 5.41) is 0. The molecule has 1 aliphatic carbocycles. The zero-order valence-corrected chi connectivity index (χ0v) is 14.4. The van der Waals surface area contributed by atoms with E-state index in [1.54, 1.807) is 17.0 Å². The van der Waals surface area contributed by atoms with Gasteiger partial charge in [-0.3, -0.25) is 14.5 Å². The Morgan fingerprint density at radius 1 is 1.19 bits per heavy atom. The summed E-state index contributed by atoms with van der Waals surface area (Å²) in [5.74, 6) is 0.529. The van der Waals surface area contributed by atoms with Gasteiger partial charge in [-0.2, -0.15) is 0 Å². The van der Waals surface area contributed by atoms with Crippen LogP contribution in [0.5, 0.6) is 0 Å². The monoisotopic (exact) mass is 356 g/mol. The van der Waals surface area contributed by atoms with Crippen molar-refractivity contribution >= 4 is 5.91 Å². The van der Waals surface area contributed by atoms with Crippen LogP contribution < -0.4 is 5.56 Å². The number of aromatic nitrogens is 2. The summed E-state index contributed by atoms with van der Waals surface area (Å²) in [6.07, 6.45) is 3.49. The van der Waals surface area contributed by atoms with E-state index < -0.39 is 0 Å². The second-order valence-electron chi connectivity index (χ2n) is 6.95. The first-order chi connectivity index (χ1) is 12.6. The summed E-state index contributed by atoms with van der Waals surface area (Å²) in [6.45, 7) is 2.83. The first kappa shape index (κ1) is 16.9. The van der Waals surface area contributed by atoms with Crippen LogP contribution in [0.1, 0.15) is 40.5 Å². The standard InChI is InChI=1S/C19H21FN4O2/c20-16-4-2-1-3-14(16)12-23-7-9-24(10-8-23)19(26)15-11-21-17(13-5-6-13)22-18(15)25/h1-4,11,13H,5-10,12H2,(H,21,22,25). The Kier molecular flexibility index (Phi) is 4.55. The number of aromatic amines is 1. The van der Waals surface area contributed by atoms with E-state index in [2.05, 4.69) is 14.9 Å². The number of carbonyl (C=O) groups excluding carboxylic acids is 1. The van der Waals surface area contributed by atoms with Crippen LogP contribution in [0.2, 0.25) is 0 Å². The molecule has 1 N–H and O–H groups in total. The number of amides is 1. The molecule has 1 saturated carbocycles. The molecular weight excluding hydrogens is 335 g/mol. The molecule has 0 bridgehead atoms. The zero-order chi connectivity index (χ0) is 18.1. The third kappa shape index (κ3) is 3.53. The highest BCUT2D eigenvalue weighted by Crippen LogP contribution is 2.37. The molecule has 4 rings (SSSR count). The van der Waals surface area contributed by atoms with Gasteiger partial charge in [0.2, 0.25) is 0 Å². The fourth-order valence-electron chi connectivity index (χ4n) is 3.27. The molecule has 1 saturated heterocycles. The van der Waals surface area contributed by atoms with Crippen LogP contribution in [-0.2, 0) is 6.54 Å². The van der Waals surface area contributed by atoms with Crippen LogP contribution >= 0.6 is 0 Å². The average molecular weight is 356 g/mol. The van der Waals surface area contributed by atoms with Crippen molar-refractivity contribution in [1.82, 2.24) is 19.8 Å². The van der Waals surface area contributed by atoms with Gasteiger partial charge in [-0.15, -0.1) is 0 Å². The number of hydrogen-bond acceptors (Lipinski definition) is 4. The molecule has 0 spiro atoms. The summed E-state index contributed by atoms with van der Waals surface area (Å²) >= 11 is 0. The summed E-state index contributed by atoms with van der Waals surface area (Å²) in [6, 6.07) is 6.73. The Balaban J connectivity index is 1.37. The van der Waals surface area contributed by atoms with E-state index in [4.69, 9.17) is 0 Å². The molecule has 0 atom stereocenters. The topological polar surface area (TPSA) is 69.3 Å². The fourth-order valence-corrected chi connectivity index (χ4v) is 3.27. The van der Waals surface area contributed by atoms with Crippen molar-refractivity contribution < 1.29 is 9.18 Å². The van der Waals surface area contributed by atoms with E-state index in [1.165, 1.54) is 12.3 Å². The Morgan fingerprint density at radius 2 is 1.92 bits per heavy atom. The van der Waals surface area contributed by atoms with Crippen LogP contribution in [0.4, 0.5) is 4.39 Å². The van der Waals surface area contributed by atoms with E-state index in [9.17, 15) is 14.0 Å². The molecule has 0 radical (unpaired) electrons. The van der Waals surface area contributed by atoms with Gasteiger partial charge >= 0.3 is 0 Å². The fraction of sp³-hybridized carbons (Fsp3) is 0.421. The predicted molar refractivity (Wildman–Crippen MR) is 94.4 cm³/mol. The molecule has 2 aliphatic rings. The third-order valence-corrected chi connectivity index (χ3v) is 5.02. The van der Waals surface area contributed by atoms with Gasteiger partial charge in [-0.1, -0.05) is 18.2 Å². The third-order valence-electron chi connectivity index (χ3n) is 5.02. The number of nitrogens with zero attached hydrogens (tertiary/aromatic N) is 3. The largest absolute Gasteiger partial charge is 0.336 e. The lowest BCUT2D eigenvalue weighted by Gasteiger charge is -2.34. The molecule has 1 aromatic heterocycles. The molecule has 7 heteroatoms. The maximum Gasteiger partial charge on any atom is 0.263 e. The Labute approximate surface area is 150 Å². The lowest BCUT2D eigenvalue weighted by molar-refractivity contribution is 0.0624. The zero-order valence-electron chi connectivity index (χ0n) is 14.4. The van der Waals surface area contributed by atoms with Crippen molar-refractivity contribution in [2.45, 2.75) is 25.3 Å². The molecule has 1 amide bonds. The summed E-state index contributed by atoms with van der Waals surface area (Å²) in [4.78, 5) is 35.6. The number of carbonyl (C=O) groups is 1. The van der Waals surface area contributed by atoms with Crippen molar-refractivity contribution in [1.29, 1.82) is 0 Å². The van der Waals surface area contributed by atoms with Crippen LogP contribution in [0, 0.1) is 5.82 Å². The summed E-state index contributed by atoms with van der Waals surface area (Å²) in [5.41, 5.74) is 0.390. The van der Waals surface area contributed by atoms with E-state index in [1.807, 2.05) is 6.07 Å². The van der Waals surface area contributed by atoms with E-state index in [-0.39, 0.29) is 22.8 Å². The van der Waals surface area contributed by atoms with E-state index >= 15 is 0 Å². The minimum absolute atomic E-state index is 0.0944. The molecule has 2 aromatic rings. The van der Waals surface area contributed by atoms with E-state index in [0.717, 1.165) is 12.8 Å². The molecule has 2 heterocycles. The average Bonchev–Trinajstić information content (AvgIpc) is 3.49. The summed E-state index contributed by atoms with van der Waals surface area (Å²) < 4.78 is 13.8. The minimum Gasteiger partial charge on any atom is -0.336 e. The SMILES string of the molecule is O=C(c1cnc(C2CC2)[nH]c1=O)N1CCN(Cc2ccccc2F)CC1. The molecule has 1 aliphatic heterocycles. The highest BCUT2D eigenvalue weighted by molar-refractivity contribution is 5.93. The normalized spacial score (nSPS) is 18.1. The van der Waals surface area contributed by atoms with Gasteiger partial charge in [0.1, 0.15) is 17.2 Å². The second-order valence-corrected chi connectivity index (χ2v) is 6.95. The minimum atomic E-state index is -0.360. The van der Waals surface area contributed by atoms with Crippen molar-refractivity contribution in [2.24, 2.45) is 0 Å². The Hall–Kier alpha value is -2.54. The highest BCUT2D eigenvalue weighted by Gasteiger charge is 2.28. The smallest absolute Gasteiger partial charge is 0.263 e. The van der Waals surface area contributed by atoms with Gasteiger partial charge in [0, 0.05) is 50.4 Å². The van der Waals surface area contributed by atoms with Gasteiger partial charge in [0.25, 0.3) is 11.5 Å². The molecule has 0 unspecified atom stereocenters. The van der Waals surface area contributed by atoms with Gasteiger partial charge < -0.3 is 9.88 Å². The van der Waals surface area contributed by atoms with Crippen molar-refractivity contribution in [3.05, 3.63) is 63.6 Å². The lowest BCUT2D eigenvalue weighted by atomic mass is 10.1. The molecule has 26 heavy (non-hydrogen) atoms. The van der Waals surface area contributed by atoms with E-state index in [0.29, 0.717) is 50.0 Å². The number of H-pyrrole nitrogens is 1. The van der Waals surface area contributed by atoms with Gasteiger partial charge in [-0.25, -0.2) is 9.37 Å². The molecule has 2 fully saturated rings. The van der Waals surface area contributed by atoms with Gasteiger partial charge in [0.05, 0.1) is 0 Å². The number of piperazine rings is 1. The number of halogens is 1. The van der Waals surface area contributed by atoms with Crippen molar-refractivity contribution in [2.75, 3.05) is 26.2 Å². The Bertz CT molecular complexity index is 870. The quantitative estimate of drug-likeness (QED) is 0.906. The molecule has 6 nitrogen and oxygen atoms in total. The van der Waals surface area contributed by atoms with Crippen LogP contribution in [0.15, 0.2) is 35.3 Å². The maximum absolute atomic E-state index is 13.8. The number of nitrogens with one attached hydrogen (secondary N) is 1. The Morgan fingerprint density at radius 3 is 2.58 bits per heavy atom. The lowest BCUT2D eigenvalue weighted by Crippen LogP contribution is -2.49. The number of hydrogen-bond donors (Lipinski definition) is 1. The summed E-state index contributed by atoms with van der Waals surface area (Å²) in [7, 11) is 0. The second kappa shape index (κ2) is 6.99. The first-order valence-corrected chi connectivity index (χ1v) is 8.96. The number of rotatable bonds is 4. The van der Waals surface area contributed by atoms with Crippen LogP contribution in [0.25, 0.3) is 0 Å². The van der Waals surface area contributed by atoms with Crippen molar-refractivity contribution in [3.63, 3.8) is 0 Å².